The van der Waals surface area contributed by atoms with E-state index in [1.807, 2.05) is 0 Å². The summed E-state index contributed by atoms with van der Waals surface area (Å²) in [5.41, 5.74) is 8.21. The van der Waals surface area contributed by atoms with Gasteiger partial charge in [0.1, 0.15) is 16.1 Å². The van der Waals surface area contributed by atoms with Crippen molar-refractivity contribution in [1.82, 2.24) is 4.98 Å². The number of nitro benzene ring substituents is 1. The van der Waals surface area contributed by atoms with Gasteiger partial charge in [-0.1, -0.05) is 46.4 Å². The summed E-state index contributed by atoms with van der Waals surface area (Å²) in [7, 11) is 0. The minimum absolute atomic E-state index is 0.0145. The first-order valence-electron chi connectivity index (χ1n) is 8.01. The van der Waals surface area contributed by atoms with Crippen molar-refractivity contribution in [2.24, 2.45) is 10.2 Å². The van der Waals surface area contributed by atoms with Gasteiger partial charge in [-0.2, -0.15) is 5.26 Å². The fourth-order valence-corrected chi connectivity index (χ4v) is 4.46. The van der Waals surface area contributed by atoms with Crippen LogP contribution in [0, 0.1) is 21.4 Å². The number of nitro groups is 1. The molecular weight excluding hydrogens is 432 g/mol. The van der Waals surface area contributed by atoms with Gasteiger partial charge in [-0.15, -0.1) is 10.2 Å². The average molecular weight is 441 g/mol. The van der Waals surface area contributed by atoms with Crippen molar-refractivity contribution in [3.63, 3.8) is 0 Å². The zero-order valence-electron chi connectivity index (χ0n) is 14.4. The molecule has 0 saturated heterocycles. The highest BCUT2D eigenvalue weighted by Crippen LogP contribution is 2.45. The summed E-state index contributed by atoms with van der Waals surface area (Å²) >= 11 is 8.28. The van der Waals surface area contributed by atoms with Crippen molar-refractivity contribution in [3.8, 4) is 17.2 Å². The number of azo groups is 1. The van der Waals surface area contributed by atoms with Crippen LogP contribution in [0.1, 0.15) is 5.56 Å². The summed E-state index contributed by atoms with van der Waals surface area (Å²) in [6, 6.07) is 13.5. The van der Waals surface area contributed by atoms with E-state index in [9.17, 15) is 15.4 Å². The number of hydrogen-bond donors (Lipinski definition) is 1. The molecule has 142 valence electrons. The monoisotopic (exact) mass is 440 g/mol. The summed E-state index contributed by atoms with van der Waals surface area (Å²) in [6.07, 6.45) is 0. The molecule has 4 rings (SSSR count). The lowest BCUT2D eigenvalue weighted by Gasteiger charge is -2.01. The standard InChI is InChI=1S/C18H9ClN6O2S2/c19-10-3-1-9(2-4-10)15-12(8-20)16(21)29-17(15)23-24-18-22-13-6-5-11(25(26)27)7-14(13)28-18/h1-7H,21H2/b24-23+. The number of hydrogen-bond acceptors (Lipinski definition) is 9. The molecule has 0 spiro atoms. The SMILES string of the molecule is N#Cc1c(N)sc(/N=N/c2nc3ccc([N+](=O)[O-])cc3s2)c1-c1ccc(Cl)cc1. The van der Waals surface area contributed by atoms with Crippen LogP contribution in [0.5, 0.6) is 0 Å². The fourth-order valence-electron chi connectivity index (χ4n) is 2.65. The zero-order valence-corrected chi connectivity index (χ0v) is 16.8. The molecular formula is C18H9ClN6O2S2. The number of nitriles is 1. The molecule has 2 aromatic heterocycles. The number of rotatable bonds is 4. The van der Waals surface area contributed by atoms with Crippen LogP contribution < -0.4 is 5.73 Å². The first-order chi connectivity index (χ1) is 14.0. The number of non-ortho nitro benzene ring substituents is 1. The molecule has 0 unspecified atom stereocenters. The van der Waals surface area contributed by atoms with Crippen LogP contribution in [-0.2, 0) is 0 Å². The number of nitrogens with zero attached hydrogens (tertiary/aromatic N) is 5. The van der Waals surface area contributed by atoms with E-state index in [-0.39, 0.29) is 5.69 Å². The van der Waals surface area contributed by atoms with Crippen LogP contribution in [0.15, 0.2) is 52.7 Å². The Hall–Kier alpha value is -3.39. The highest BCUT2D eigenvalue weighted by Gasteiger charge is 2.18. The molecule has 8 nitrogen and oxygen atoms in total. The number of thiophene rings is 1. The number of anilines is 1. The van der Waals surface area contributed by atoms with E-state index in [1.54, 1.807) is 30.3 Å². The van der Waals surface area contributed by atoms with Crippen LogP contribution >= 0.6 is 34.3 Å². The molecule has 4 aromatic rings. The lowest BCUT2D eigenvalue weighted by Crippen LogP contribution is -1.85. The van der Waals surface area contributed by atoms with Gasteiger partial charge in [0.15, 0.2) is 0 Å². The Bertz CT molecular complexity index is 1320. The molecule has 2 aromatic carbocycles. The number of benzene rings is 2. The van der Waals surface area contributed by atoms with E-state index in [0.29, 0.717) is 41.5 Å². The first kappa shape index (κ1) is 18.9. The molecule has 0 radical (unpaired) electrons. The molecule has 0 aliphatic rings. The maximum Gasteiger partial charge on any atom is 0.270 e. The molecule has 0 aliphatic carbocycles. The summed E-state index contributed by atoms with van der Waals surface area (Å²) in [5.74, 6) is 0. The second-order valence-corrected chi connectivity index (χ2v) is 8.22. The average Bonchev–Trinajstić information content (AvgIpc) is 3.26. The highest BCUT2D eigenvalue weighted by atomic mass is 35.5. The van der Waals surface area contributed by atoms with Gasteiger partial charge in [0.25, 0.3) is 5.69 Å². The Kier molecular flexibility index (Phi) is 4.94. The largest absolute Gasteiger partial charge is 0.389 e. The molecule has 0 atom stereocenters. The van der Waals surface area contributed by atoms with Gasteiger partial charge >= 0.3 is 0 Å². The lowest BCUT2D eigenvalue weighted by molar-refractivity contribution is -0.384. The molecule has 29 heavy (non-hydrogen) atoms. The van der Waals surface area contributed by atoms with E-state index < -0.39 is 4.92 Å². The van der Waals surface area contributed by atoms with Crippen molar-refractivity contribution in [3.05, 3.63) is 63.2 Å². The van der Waals surface area contributed by atoms with E-state index in [4.69, 9.17) is 17.3 Å². The summed E-state index contributed by atoms with van der Waals surface area (Å²) in [4.78, 5) is 14.8. The molecule has 0 amide bonds. The molecule has 0 aliphatic heterocycles. The number of nitrogens with two attached hydrogens (primary N) is 1. The van der Waals surface area contributed by atoms with Gasteiger partial charge in [0, 0.05) is 22.7 Å². The Labute approximate surface area is 176 Å². The maximum absolute atomic E-state index is 10.9. The lowest BCUT2D eigenvalue weighted by atomic mass is 10.0. The number of thiazole rings is 1. The second-order valence-electron chi connectivity index (χ2n) is 5.75. The van der Waals surface area contributed by atoms with Crippen LogP contribution in [-0.4, -0.2) is 9.91 Å². The van der Waals surface area contributed by atoms with Crippen molar-refractivity contribution >= 4 is 65.3 Å². The van der Waals surface area contributed by atoms with Crippen molar-refractivity contribution in [1.29, 1.82) is 5.26 Å². The number of halogens is 1. The predicted molar refractivity (Wildman–Crippen MR) is 114 cm³/mol. The van der Waals surface area contributed by atoms with Gasteiger partial charge in [0.05, 0.1) is 20.7 Å². The Morgan fingerprint density at radius 1 is 1.17 bits per heavy atom. The smallest absolute Gasteiger partial charge is 0.270 e. The quantitative estimate of drug-likeness (QED) is 0.221. The Balaban J connectivity index is 1.75. The molecule has 2 heterocycles. The van der Waals surface area contributed by atoms with Gasteiger partial charge in [-0.3, -0.25) is 10.1 Å². The molecule has 0 saturated carbocycles. The summed E-state index contributed by atoms with van der Waals surface area (Å²) in [5, 5.41) is 30.5. The Morgan fingerprint density at radius 2 is 1.93 bits per heavy atom. The van der Waals surface area contributed by atoms with Gasteiger partial charge in [0.2, 0.25) is 5.13 Å². The molecule has 11 heteroatoms. The van der Waals surface area contributed by atoms with Crippen LogP contribution in [0.25, 0.3) is 21.3 Å². The molecule has 2 N–H and O–H groups in total. The zero-order chi connectivity index (χ0) is 20.5. The molecule has 0 fully saturated rings. The van der Waals surface area contributed by atoms with Crippen molar-refractivity contribution < 1.29 is 4.92 Å². The first-order valence-corrected chi connectivity index (χ1v) is 10.0. The van der Waals surface area contributed by atoms with E-state index in [0.717, 1.165) is 16.9 Å². The fraction of sp³-hybridized carbons (Fsp3) is 0. The van der Waals surface area contributed by atoms with Crippen LogP contribution in [0.4, 0.5) is 20.8 Å². The van der Waals surface area contributed by atoms with E-state index in [2.05, 4.69) is 21.3 Å². The van der Waals surface area contributed by atoms with Gasteiger partial charge in [-0.25, -0.2) is 4.98 Å². The normalized spacial score (nSPS) is 11.2. The number of nitrogen functional groups attached to an aromatic ring is 1. The number of fused-ring (bicyclic) bond motifs is 1. The van der Waals surface area contributed by atoms with Crippen LogP contribution in [0.3, 0.4) is 0 Å². The second kappa shape index (κ2) is 7.56. The minimum atomic E-state index is -0.462. The van der Waals surface area contributed by atoms with Crippen molar-refractivity contribution in [2.45, 2.75) is 0 Å². The van der Waals surface area contributed by atoms with Crippen molar-refractivity contribution in [2.75, 3.05) is 5.73 Å². The third-order valence-corrected chi connectivity index (χ3v) is 6.02. The molecule has 0 bridgehead atoms. The topological polar surface area (TPSA) is 131 Å². The van der Waals surface area contributed by atoms with E-state index in [1.165, 1.54) is 23.5 Å². The van der Waals surface area contributed by atoms with Crippen LogP contribution in [0.2, 0.25) is 5.02 Å². The summed E-state index contributed by atoms with van der Waals surface area (Å²) in [6.45, 7) is 0. The minimum Gasteiger partial charge on any atom is -0.389 e. The van der Waals surface area contributed by atoms with E-state index >= 15 is 0 Å². The van der Waals surface area contributed by atoms with Gasteiger partial charge < -0.3 is 5.73 Å². The maximum atomic E-state index is 10.9. The third kappa shape index (κ3) is 3.66. The third-order valence-electron chi connectivity index (χ3n) is 3.96. The predicted octanol–water partition coefficient (Wildman–Crippen LogP) is 6.46. The Morgan fingerprint density at radius 3 is 2.62 bits per heavy atom. The van der Waals surface area contributed by atoms with Gasteiger partial charge in [-0.05, 0) is 23.8 Å². The number of aromatic nitrogens is 1. The highest BCUT2D eigenvalue weighted by molar-refractivity contribution is 7.22. The summed E-state index contributed by atoms with van der Waals surface area (Å²) < 4.78 is 0.634.